The zero-order valence-electron chi connectivity index (χ0n) is 7.38. The Balaban J connectivity index is 2.55. The van der Waals surface area contributed by atoms with E-state index < -0.39 is 0 Å². The van der Waals surface area contributed by atoms with Crippen molar-refractivity contribution in [3.63, 3.8) is 0 Å². The predicted molar refractivity (Wildman–Crippen MR) is 53.0 cm³/mol. The Morgan fingerprint density at radius 3 is 2.50 bits per heavy atom. The lowest BCUT2D eigenvalue weighted by molar-refractivity contribution is 0.472. The van der Waals surface area contributed by atoms with E-state index >= 15 is 0 Å². The summed E-state index contributed by atoms with van der Waals surface area (Å²) in [5, 5.41) is 18.8. The van der Waals surface area contributed by atoms with Crippen molar-refractivity contribution in [2.24, 2.45) is 0 Å². The van der Waals surface area contributed by atoms with Crippen LogP contribution in [0.5, 0.6) is 11.5 Å². The molecule has 0 aliphatic carbocycles. The summed E-state index contributed by atoms with van der Waals surface area (Å²) in [5.41, 5.74) is 1.36. The Morgan fingerprint density at radius 2 is 1.79 bits per heavy atom. The van der Waals surface area contributed by atoms with Gasteiger partial charge in [-0.1, -0.05) is 18.2 Å². The lowest BCUT2D eigenvalue weighted by Crippen LogP contribution is -1.80. The highest BCUT2D eigenvalue weighted by Gasteiger charge is 2.03. The van der Waals surface area contributed by atoms with Gasteiger partial charge in [-0.2, -0.15) is 0 Å². The second-order valence-corrected chi connectivity index (χ2v) is 2.95. The number of nitrogens with zero attached hydrogens (tertiary/aromatic N) is 1. The molecular formula is C11H9NO2. The van der Waals surface area contributed by atoms with E-state index in [4.69, 9.17) is 0 Å². The molecule has 0 amide bonds. The van der Waals surface area contributed by atoms with Crippen LogP contribution >= 0.6 is 0 Å². The second kappa shape index (κ2) is 3.38. The Hall–Kier alpha value is -2.03. The Kier molecular flexibility index (Phi) is 2.07. The Labute approximate surface area is 81.3 Å². The number of aromatic hydroxyl groups is 2. The van der Waals surface area contributed by atoms with Crippen LogP contribution in [-0.2, 0) is 0 Å². The van der Waals surface area contributed by atoms with Crippen LogP contribution in [0.3, 0.4) is 0 Å². The highest BCUT2D eigenvalue weighted by Crippen LogP contribution is 2.29. The molecule has 2 aromatic rings. The maximum Gasteiger partial charge on any atom is 0.134 e. The molecule has 2 N–H and O–H groups in total. The van der Waals surface area contributed by atoms with Gasteiger partial charge < -0.3 is 10.2 Å². The minimum atomic E-state index is 0.0887. The Bertz CT molecular complexity index is 455. The standard InChI is InChI=1S/C11H9NO2/c13-9-5-8(6-12-7-9)10-3-1-2-4-11(10)14/h1-7,13-14H. The van der Waals surface area contributed by atoms with E-state index in [2.05, 4.69) is 4.98 Å². The van der Waals surface area contributed by atoms with Crippen LogP contribution in [0.4, 0.5) is 0 Å². The molecule has 0 radical (unpaired) electrons. The summed E-state index contributed by atoms with van der Waals surface area (Å²) in [6, 6.07) is 8.49. The van der Waals surface area contributed by atoms with E-state index in [1.54, 1.807) is 30.5 Å². The van der Waals surface area contributed by atoms with Crippen LogP contribution < -0.4 is 0 Å². The number of phenolic OH excluding ortho intramolecular Hbond substituents is 1. The summed E-state index contributed by atoms with van der Waals surface area (Å²) in [5.74, 6) is 0.269. The fourth-order valence-corrected chi connectivity index (χ4v) is 1.29. The van der Waals surface area contributed by atoms with Gasteiger partial charge >= 0.3 is 0 Å². The monoisotopic (exact) mass is 187 g/mol. The van der Waals surface area contributed by atoms with Gasteiger partial charge in [0.1, 0.15) is 11.5 Å². The summed E-state index contributed by atoms with van der Waals surface area (Å²) < 4.78 is 0. The van der Waals surface area contributed by atoms with Crippen LogP contribution in [0.1, 0.15) is 0 Å². The molecule has 3 nitrogen and oxygen atoms in total. The quantitative estimate of drug-likeness (QED) is 0.719. The normalized spacial score (nSPS) is 10.0. The van der Waals surface area contributed by atoms with Gasteiger partial charge in [0.2, 0.25) is 0 Å². The third kappa shape index (κ3) is 1.52. The van der Waals surface area contributed by atoms with E-state index in [1.807, 2.05) is 6.07 Å². The van der Waals surface area contributed by atoms with Gasteiger partial charge in [-0.3, -0.25) is 4.98 Å². The SMILES string of the molecule is Oc1cncc(-c2ccccc2O)c1. The maximum absolute atomic E-state index is 9.55. The predicted octanol–water partition coefficient (Wildman–Crippen LogP) is 2.16. The van der Waals surface area contributed by atoms with E-state index in [-0.39, 0.29) is 11.5 Å². The molecule has 0 atom stereocenters. The van der Waals surface area contributed by atoms with Crippen molar-refractivity contribution in [3.05, 3.63) is 42.7 Å². The van der Waals surface area contributed by atoms with Crippen LogP contribution in [0, 0.1) is 0 Å². The molecule has 0 saturated heterocycles. The first-order valence-corrected chi connectivity index (χ1v) is 4.20. The van der Waals surface area contributed by atoms with Crippen LogP contribution in [-0.4, -0.2) is 15.2 Å². The van der Waals surface area contributed by atoms with Crippen molar-refractivity contribution >= 4 is 0 Å². The van der Waals surface area contributed by atoms with Crippen LogP contribution in [0.15, 0.2) is 42.7 Å². The third-order valence-corrected chi connectivity index (χ3v) is 1.94. The molecule has 0 fully saturated rings. The molecule has 1 aromatic carbocycles. The zero-order valence-corrected chi connectivity index (χ0v) is 7.38. The average molecular weight is 187 g/mol. The number of rotatable bonds is 1. The van der Waals surface area contributed by atoms with Crippen molar-refractivity contribution in [3.8, 4) is 22.6 Å². The van der Waals surface area contributed by atoms with Gasteiger partial charge in [0.05, 0.1) is 6.20 Å². The first-order valence-electron chi connectivity index (χ1n) is 4.20. The van der Waals surface area contributed by atoms with Gasteiger partial charge in [0.15, 0.2) is 0 Å². The number of benzene rings is 1. The first-order chi connectivity index (χ1) is 6.77. The van der Waals surface area contributed by atoms with Crippen molar-refractivity contribution in [2.75, 3.05) is 0 Å². The lowest BCUT2D eigenvalue weighted by atomic mass is 10.1. The molecule has 70 valence electrons. The summed E-state index contributed by atoms with van der Waals surface area (Å²) in [6.45, 7) is 0. The number of para-hydroxylation sites is 1. The van der Waals surface area contributed by atoms with Gasteiger partial charge in [-0.15, -0.1) is 0 Å². The van der Waals surface area contributed by atoms with E-state index in [0.29, 0.717) is 11.1 Å². The van der Waals surface area contributed by atoms with E-state index in [9.17, 15) is 10.2 Å². The molecule has 0 unspecified atom stereocenters. The number of hydrogen-bond donors (Lipinski definition) is 2. The van der Waals surface area contributed by atoms with Gasteiger partial charge in [-0.05, 0) is 12.1 Å². The number of aromatic nitrogens is 1. The summed E-state index contributed by atoms with van der Waals surface area (Å²) in [6.07, 6.45) is 2.94. The van der Waals surface area contributed by atoms with Gasteiger partial charge in [0, 0.05) is 17.3 Å². The van der Waals surface area contributed by atoms with E-state index in [1.165, 1.54) is 6.20 Å². The molecule has 2 rings (SSSR count). The minimum absolute atomic E-state index is 0.0887. The Morgan fingerprint density at radius 1 is 1.00 bits per heavy atom. The van der Waals surface area contributed by atoms with Gasteiger partial charge in [0.25, 0.3) is 0 Å². The highest BCUT2D eigenvalue weighted by molar-refractivity contribution is 5.69. The third-order valence-electron chi connectivity index (χ3n) is 1.94. The van der Waals surface area contributed by atoms with E-state index in [0.717, 1.165) is 0 Å². The van der Waals surface area contributed by atoms with Crippen molar-refractivity contribution in [2.45, 2.75) is 0 Å². The largest absolute Gasteiger partial charge is 0.507 e. The molecule has 0 bridgehead atoms. The zero-order chi connectivity index (χ0) is 9.97. The average Bonchev–Trinajstić information content (AvgIpc) is 2.18. The smallest absolute Gasteiger partial charge is 0.134 e. The number of hydrogen-bond acceptors (Lipinski definition) is 3. The molecular weight excluding hydrogens is 178 g/mol. The topological polar surface area (TPSA) is 53.4 Å². The molecule has 1 aromatic heterocycles. The fourth-order valence-electron chi connectivity index (χ4n) is 1.29. The minimum Gasteiger partial charge on any atom is -0.507 e. The molecule has 3 heteroatoms. The van der Waals surface area contributed by atoms with Crippen LogP contribution in [0.25, 0.3) is 11.1 Å². The number of pyridine rings is 1. The first kappa shape index (κ1) is 8.56. The number of phenols is 1. The summed E-state index contributed by atoms with van der Waals surface area (Å²) in [4.78, 5) is 3.84. The summed E-state index contributed by atoms with van der Waals surface area (Å²) in [7, 11) is 0. The van der Waals surface area contributed by atoms with Crippen molar-refractivity contribution in [1.29, 1.82) is 0 Å². The highest BCUT2D eigenvalue weighted by atomic mass is 16.3. The van der Waals surface area contributed by atoms with Crippen molar-refractivity contribution in [1.82, 2.24) is 4.98 Å². The molecule has 0 spiro atoms. The molecule has 1 heterocycles. The summed E-state index contributed by atoms with van der Waals surface area (Å²) >= 11 is 0. The second-order valence-electron chi connectivity index (χ2n) is 2.95. The maximum atomic E-state index is 9.55. The molecule has 0 aliphatic rings. The molecule has 0 aliphatic heterocycles. The molecule has 0 saturated carbocycles. The van der Waals surface area contributed by atoms with Crippen molar-refractivity contribution < 1.29 is 10.2 Å². The van der Waals surface area contributed by atoms with Crippen LogP contribution in [0.2, 0.25) is 0 Å². The lowest BCUT2D eigenvalue weighted by Gasteiger charge is -2.03. The van der Waals surface area contributed by atoms with Gasteiger partial charge in [-0.25, -0.2) is 0 Å². The fraction of sp³-hybridized carbons (Fsp3) is 0. The molecule has 14 heavy (non-hydrogen) atoms.